The van der Waals surface area contributed by atoms with Crippen LogP contribution in [0.2, 0.25) is 0 Å². The molecule has 0 aliphatic carbocycles. The van der Waals surface area contributed by atoms with Crippen LogP contribution in [0.4, 0.5) is 0 Å². The van der Waals surface area contributed by atoms with Crippen molar-refractivity contribution < 1.29 is 28.2 Å². The molecule has 1 aromatic heterocycles. The molecule has 7 heteroatoms. The Morgan fingerprint density at radius 3 is 2.90 bits per heavy atom. The standard InChI is InChI=1S/C23H27NO6/c1-4-28-20-12-16-11-15(2)29-21(16)13-17(20)14-24-22(25)9-7-18-5-6-19(30-18)8-10-23(26)27-3/h5-7,9,12-13,15H,4,8,10-11,14H2,1-3H3,(H,24,25)/b9-7+/t15-/m1/s1. The summed E-state index contributed by atoms with van der Waals surface area (Å²) < 4.78 is 21.8. The summed E-state index contributed by atoms with van der Waals surface area (Å²) in [5.41, 5.74) is 2.00. The normalized spacial score (nSPS) is 15.0. The molecule has 0 spiro atoms. The summed E-state index contributed by atoms with van der Waals surface area (Å²) in [5.74, 6) is 2.27. The highest BCUT2D eigenvalue weighted by molar-refractivity contribution is 5.91. The number of esters is 1. The van der Waals surface area contributed by atoms with Crippen LogP contribution in [0.25, 0.3) is 6.08 Å². The van der Waals surface area contributed by atoms with Crippen LogP contribution in [0.1, 0.15) is 42.9 Å². The summed E-state index contributed by atoms with van der Waals surface area (Å²) in [7, 11) is 1.35. The average molecular weight is 413 g/mol. The zero-order valence-electron chi connectivity index (χ0n) is 17.5. The summed E-state index contributed by atoms with van der Waals surface area (Å²) in [5, 5.41) is 2.86. The zero-order valence-corrected chi connectivity index (χ0v) is 17.5. The van der Waals surface area contributed by atoms with Gasteiger partial charge in [-0.05, 0) is 44.2 Å². The van der Waals surface area contributed by atoms with E-state index in [2.05, 4.69) is 10.1 Å². The average Bonchev–Trinajstić information content (AvgIpc) is 3.33. The van der Waals surface area contributed by atoms with E-state index in [-0.39, 0.29) is 24.4 Å². The maximum absolute atomic E-state index is 12.2. The minimum atomic E-state index is -0.291. The van der Waals surface area contributed by atoms with Crippen LogP contribution in [0.5, 0.6) is 11.5 Å². The number of methoxy groups -OCH3 is 1. The molecule has 1 aromatic carbocycles. The molecule has 0 radical (unpaired) electrons. The number of rotatable bonds is 9. The topological polar surface area (TPSA) is 87.0 Å². The number of carbonyl (C=O) groups excluding carboxylic acids is 2. The van der Waals surface area contributed by atoms with Crippen LogP contribution < -0.4 is 14.8 Å². The van der Waals surface area contributed by atoms with E-state index in [0.29, 0.717) is 31.1 Å². The van der Waals surface area contributed by atoms with E-state index in [1.807, 2.05) is 26.0 Å². The largest absolute Gasteiger partial charge is 0.494 e. The molecule has 3 rings (SSSR count). The fourth-order valence-corrected chi connectivity index (χ4v) is 3.25. The molecule has 2 heterocycles. The molecule has 1 atom stereocenters. The van der Waals surface area contributed by atoms with E-state index in [9.17, 15) is 9.59 Å². The van der Waals surface area contributed by atoms with Gasteiger partial charge in [0.2, 0.25) is 5.91 Å². The monoisotopic (exact) mass is 413 g/mol. The number of hydrogen-bond donors (Lipinski definition) is 1. The number of aryl methyl sites for hydroxylation is 1. The van der Waals surface area contributed by atoms with E-state index >= 15 is 0 Å². The first kappa shape index (κ1) is 21.5. The first-order valence-corrected chi connectivity index (χ1v) is 10.0. The molecule has 1 N–H and O–H groups in total. The summed E-state index contributed by atoms with van der Waals surface area (Å²) in [6, 6.07) is 7.47. The van der Waals surface area contributed by atoms with Crippen molar-refractivity contribution in [2.75, 3.05) is 13.7 Å². The molecule has 1 amide bonds. The number of fused-ring (bicyclic) bond motifs is 1. The number of benzene rings is 1. The Hall–Kier alpha value is -3.22. The Kier molecular flexibility index (Phi) is 7.17. The summed E-state index contributed by atoms with van der Waals surface area (Å²) >= 11 is 0. The Morgan fingerprint density at radius 1 is 1.30 bits per heavy atom. The fourth-order valence-electron chi connectivity index (χ4n) is 3.25. The fraction of sp³-hybridized carbons (Fsp3) is 0.391. The lowest BCUT2D eigenvalue weighted by molar-refractivity contribution is -0.140. The zero-order chi connectivity index (χ0) is 21.5. The molecule has 1 aliphatic heterocycles. The molecule has 160 valence electrons. The molecule has 30 heavy (non-hydrogen) atoms. The lowest BCUT2D eigenvalue weighted by atomic mass is 10.1. The quantitative estimate of drug-likeness (QED) is 0.501. The van der Waals surface area contributed by atoms with E-state index in [1.54, 1.807) is 18.2 Å². The number of carbonyl (C=O) groups is 2. The van der Waals surface area contributed by atoms with E-state index in [4.69, 9.17) is 13.9 Å². The second-order valence-electron chi connectivity index (χ2n) is 7.06. The third kappa shape index (κ3) is 5.65. The highest BCUT2D eigenvalue weighted by Crippen LogP contribution is 2.35. The van der Waals surface area contributed by atoms with Crippen LogP contribution in [0.3, 0.4) is 0 Å². The number of ether oxygens (including phenoxy) is 3. The molecule has 0 fully saturated rings. The summed E-state index contributed by atoms with van der Waals surface area (Å²) in [6.07, 6.45) is 4.71. The van der Waals surface area contributed by atoms with E-state index in [1.165, 1.54) is 13.2 Å². The molecule has 0 saturated carbocycles. The van der Waals surface area contributed by atoms with Gasteiger partial charge in [0.05, 0.1) is 20.1 Å². The number of hydrogen-bond acceptors (Lipinski definition) is 6. The first-order chi connectivity index (χ1) is 14.5. The molecule has 0 bridgehead atoms. The minimum absolute atomic E-state index is 0.146. The molecule has 7 nitrogen and oxygen atoms in total. The lowest BCUT2D eigenvalue weighted by Crippen LogP contribution is -2.20. The van der Waals surface area contributed by atoms with Gasteiger partial charge in [0.1, 0.15) is 29.1 Å². The Labute approximate surface area is 176 Å². The first-order valence-electron chi connectivity index (χ1n) is 10.0. The molecule has 2 aromatic rings. The number of nitrogens with one attached hydrogen (secondary N) is 1. The molecular formula is C23H27NO6. The molecule has 1 aliphatic rings. The lowest BCUT2D eigenvalue weighted by Gasteiger charge is -2.13. The van der Waals surface area contributed by atoms with Crippen molar-refractivity contribution in [2.24, 2.45) is 0 Å². The Bertz CT molecular complexity index is 930. The Morgan fingerprint density at radius 2 is 2.13 bits per heavy atom. The van der Waals surface area contributed by atoms with E-state index in [0.717, 1.165) is 29.0 Å². The number of amides is 1. The second kappa shape index (κ2) is 10.0. The van der Waals surface area contributed by atoms with Gasteiger partial charge in [0, 0.05) is 36.6 Å². The molecular weight excluding hydrogens is 386 g/mol. The number of furan rings is 1. The van der Waals surface area contributed by atoms with Gasteiger partial charge in [0.25, 0.3) is 0 Å². The molecule has 0 unspecified atom stereocenters. The Balaban J connectivity index is 1.56. The van der Waals surface area contributed by atoms with Gasteiger partial charge in [0.15, 0.2) is 0 Å². The van der Waals surface area contributed by atoms with Crippen LogP contribution in [-0.4, -0.2) is 31.7 Å². The van der Waals surface area contributed by atoms with Gasteiger partial charge in [-0.25, -0.2) is 0 Å². The van der Waals surface area contributed by atoms with Crippen LogP contribution in [-0.2, 0) is 33.7 Å². The van der Waals surface area contributed by atoms with Gasteiger partial charge in [-0.1, -0.05) is 0 Å². The highest BCUT2D eigenvalue weighted by Gasteiger charge is 2.21. The van der Waals surface area contributed by atoms with Crippen molar-refractivity contribution in [2.45, 2.75) is 45.8 Å². The summed E-state index contributed by atoms with van der Waals surface area (Å²) in [6.45, 7) is 4.83. The van der Waals surface area contributed by atoms with Gasteiger partial charge < -0.3 is 23.9 Å². The molecule has 0 saturated heterocycles. The van der Waals surface area contributed by atoms with Crippen molar-refractivity contribution in [1.29, 1.82) is 0 Å². The van der Waals surface area contributed by atoms with Crippen LogP contribution in [0.15, 0.2) is 34.8 Å². The smallest absolute Gasteiger partial charge is 0.305 e. The van der Waals surface area contributed by atoms with Crippen LogP contribution in [0, 0.1) is 0 Å². The van der Waals surface area contributed by atoms with Crippen molar-refractivity contribution >= 4 is 18.0 Å². The second-order valence-corrected chi connectivity index (χ2v) is 7.06. The van der Waals surface area contributed by atoms with Crippen molar-refractivity contribution in [3.05, 3.63) is 53.0 Å². The van der Waals surface area contributed by atoms with Gasteiger partial charge >= 0.3 is 5.97 Å². The van der Waals surface area contributed by atoms with Crippen molar-refractivity contribution in [3.8, 4) is 11.5 Å². The maximum atomic E-state index is 12.2. The maximum Gasteiger partial charge on any atom is 0.305 e. The third-order valence-corrected chi connectivity index (χ3v) is 4.72. The van der Waals surface area contributed by atoms with Crippen molar-refractivity contribution in [3.63, 3.8) is 0 Å². The summed E-state index contributed by atoms with van der Waals surface area (Å²) in [4.78, 5) is 23.4. The van der Waals surface area contributed by atoms with Crippen LogP contribution >= 0.6 is 0 Å². The van der Waals surface area contributed by atoms with Crippen molar-refractivity contribution in [1.82, 2.24) is 5.32 Å². The highest BCUT2D eigenvalue weighted by atomic mass is 16.5. The van der Waals surface area contributed by atoms with Gasteiger partial charge in [-0.2, -0.15) is 0 Å². The minimum Gasteiger partial charge on any atom is -0.494 e. The van der Waals surface area contributed by atoms with Gasteiger partial charge in [-0.15, -0.1) is 0 Å². The van der Waals surface area contributed by atoms with E-state index < -0.39 is 0 Å². The SMILES string of the molecule is CCOc1cc2c(cc1CNC(=O)/C=C/c1ccc(CCC(=O)OC)o1)O[C@H](C)C2. The third-order valence-electron chi connectivity index (χ3n) is 4.72. The predicted octanol–water partition coefficient (Wildman–Crippen LogP) is 3.44. The predicted molar refractivity (Wildman–Crippen MR) is 111 cm³/mol. The van der Waals surface area contributed by atoms with Gasteiger partial charge in [-0.3, -0.25) is 9.59 Å².